The second-order valence-electron chi connectivity index (χ2n) is 7.97. The molecule has 5 nitrogen and oxygen atoms in total. The lowest BCUT2D eigenvalue weighted by Gasteiger charge is -2.29. The van der Waals surface area contributed by atoms with E-state index in [0.717, 1.165) is 49.0 Å². The van der Waals surface area contributed by atoms with Crippen molar-refractivity contribution in [2.75, 3.05) is 24.6 Å². The Kier molecular flexibility index (Phi) is 5.62. The Balaban J connectivity index is 1.82. The Bertz CT molecular complexity index is 1020. The Labute approximate surface area is 177 Å². The van der Waals surface area contributed by atoms with E-state index in [1.807, 2.05) is 45.0 Å². The number of benzene rings is 2. The molecule has 2 heterocycles. The Morgan fingerprint density at radius 2 is 1.70 bits per heavy atom. The van der Waals surface area contributed by atoms with E-state index in [-0.39, 0.29) is 11.8 Å². The monoisotopic (exact) mass is 404 g/mol. The van der Waals surface area contributed by atoms with Crippen molar-refractivity contribution in [1.82, 2.24) is 4.90 Å². The normalized spacial score (nSPS) is 17.2. The number of carbonyl (C=O) groups excluding carboxylic acids is 2. The van der Waals surface area contributed by atoms with Gasteiger partial charge < -0.3 is 9.64 Å². The van der Waals surface area contributed by atoms with Gasteiger partial charge in [0, 0.05) is 19.2 Å². The molecule has 0 spiro atoms. The molecule has 2 aromatic rings. The number of hydrogen-bond acceptors (Lipinski definition) is 4. The van der Waals surface area contributed by atoms with Crippen LogP contribution in [0, 0.1) is 13.8 Å². The molecule has 5 heteroatoms. The van der Waals surface area contributed by atoms with E-state index in [1.165, 1.54) is 4.90 Å². The second-order valence-corrected chi connectivity index (χ2v) is 7.97. The predicted octanol–water partition coefficient (Wildman–Crippen LogP) is 4.47. The van der Waals surface area contributed by atoms with Gasteiger partial charge in [0.2, 0.25) is 0 Å². The zero-order valence-electron chi connectivity index (χ0n) is 17.9. The van der Waals surface area contributed by atoms with E-state index in [2.05, 4.69) is 11.0 Å². The van der Waals surface area contributed by atoms with E-state index in [9.17, 15) is 9.59 Å². The topological polar surface area (TPSA) is 49.9 Å². The fourth-order valence-electron chi connectivity index (χ4n) is 4.38. The summed E-state index contributed by atoms with van der Waals surface area (Å²) in [4.78, 5) is 30.7. The van der Waals surface area contributed by atoms with Crippen LogP contribution in [0.3, 0.4) is 0 Å². The van der Waals surface area contributed by atoms with Crippen molar-refractivity contribution < 1.29 is 14.3 Å². The summed E-state index contributed by atoms with van der Waals surface area (Å²) < 4.78 is 5.59. The van der Waals surface area contributed by atoms with Crippen LogP contribution in [0.1, 0.15) is 42.9 Å². The average Bonchev–Trinajstić information content (AvgIpc) is 2.99. The SMILES string of the molecule is CCOc1cccc(N2C(=O)C(c3ccc(C)cc3C)=C(N3CCCCC3)C2=O)c1. The van der Waals surface area contributed by atoms with Gasteiger partial charge in [-0.25, -0.2) is 4.90 Å². The summed E-state index contributed by atoms with van der Waals surface area (Å²) in [5, 5.41) is 0. The molecular formula is C25H28N2O3. The van der Waals surface area contributed by atoms with Crippen molar-refractivity contribution in [3.8, 4) is 5.75 Å². The lowest BCUT2D eigenvalue weighted by molar-refractivity contribution is -0.120. The van der Waals surface area contributed by atoms with Crippen molar-refractivity contribution in [2.24, 2.45) is 0 Å². The third-order valence-corrected chi connectivity index (χ3v) is 5.77. The molecule has 2 aliphatic rings. The number of anilines is 1. The van der Waals surface area contributed by atoms with E-state index in [0.29, 0.717) is 29.3 Å². The third-order valence-electron chi connectivity index (χ3n) is 5.77. The first kappa shape index (κ1) is 20.2. The molecule has 2 aromatic carbocycles. The third kappa shape index (κ3) is 3.60. The summed E-state index contributed by atoms with van der Waals surface area (Å²) in [6, 6.07) is 13.2. The number of hydrogen-bond donors (Lipinski definition) is 0. The van der Waals surface area contributed by atoms with E-state index < -0.39 is 0 Å². The summed E-state index contributed by atoms with van der Waals surface area (Å²) in [6.07, 6.45) is 3.22. The molecule has 0 aliphatic carbocycles. The van der Waals surface area contributed by atoms with Gasteiger partial charge in [-0.3, -0.25) is 9.59 Å². The highest BCUT2D eigenvalue weighted by molar-refractivity contribution is 6.45. The van der Waals surface area contributed by atoms with Crippen LogP contribution >= 0.6 is 0 Å². The van der Waals surface area contributed by atoms with Crippen LogP contribution in [-0.4, -0.2) is 36.4 Å². The van der Waals surface area contributed by atoms with Crippen LogP contribution in [0.25, 0.3) is 5.57 Å². The number of rotatable bonds is 5. The molecule has 0 N–H and O–H groups in total. The van der Waals surface area contributed by atoms with Crippen molar-refractivity contribution >= 4 is 23.1 Å². The smallest absolute Gasteiger partial charge is 0.282 e. The van der Waals surface area contributed by atoms with Crippen LogP contribution in [0.15, 0.2) is 48.2 Å². The van der Waals surface area contributed by atoms with Gasteiger partial charge in [-0.1, -0.05) is 29.8 Å². The highest BCUT2D eigenvalue weighted by Crippen LogP contribution is 2.37. The number of ether oxygens (including phenoxy) is 1. The van der Waals surface area contributed by atoms with Crippen LogP contribution in [0.4, 0.5) is 5.69 Å². The van der Waals surface area contributed by atoms with Crippen LogP contribution in [0.5, 0.6) is 5.75 Å². The summed E-state index contributed by atoms with van der Waals surface area (Å²) in [7, 11) is 0. The van der Waals surface area contributed by atoms with Crippen LogP contribution in [-0.2, 0) is 9.59 Å². The number of carbonyl (C=O) groups is 2. The average molecular weight is 405 g/mol. The molecule has 1 saturated heterocycles. The fraction of sp³-hybridized carbons (Fsp3) is 0.360. The van der Waals surface area contributed by atoms with Gasteiger partial charge in [-0.2, -0.15) is 0 Å². The summed E-state index contributed by atoms with van der Waals surface area (Å²) in [6.45, 7) is 8.07. The van der Waals surface area contributed by atoms with Gasteiger partial charge in [-0.05, 0) is 63.3 Å². The number of amides is 2. The van der Waals surface area contributed by atoms with Crippen molar-refractivity contribution in [3.05, 3.63) is 64.9 Å². The van der Waals surface area contributed by atoms with Crippen LogP contribution in [0.2, 0.25) is 0 Å². The fourth-order valence-corrected chi connectivity index (χ4v) is 4.38. The lowest BCUT2D eigenvalue weighted by Crippen LogP contribution is -2.37. The van der Waals surface area contributed by atoms with Gasteiger partial charge in [-0.15, -0.1) is 0 Å². The summed E-state index contributed by atoms with van der Waals surface area (Å²) in [5.41, 5.74) is 4.57. The predicted molar refractivity (Wildman–Crippen MR) is 118 cm³/mol. The number of imide groups is 1. The maximum atomic E-state index is 13.7. The summed E-state index contributed by atoms with van der Waals surface area (Å²) in [5.74, 6) is 0.141. The van der Waals surface area contributed by atoms with Gasteiger partial charge in [0.1, 0.15) is 11.4 Å². The zero-order chi connectivity index (χ0) is 21.3. The molecule has 0 aromatic heterocycles. The van der Waals surface area contributed by atoms with Crippen molar-refractivity contribution in [2.45, 2.75) is 40.0 Å². The molecule has 0 unspecified atom stereocenters. The molecule has 2 aliphatic heterocycles. The molecule has 2 amide bonds. The second kappa shape index (κ2) is 8.34. The maximum absolute atomic E-state index is 13.7. The largest absolute Gasteiger partial charge is 0.494 e. The van der Waals surface area contributed by atoms with Gasteiger partial charge >= 0.3 is 0 Å². The number of piperidine rings is 1. The van der Waals surface area contributed by atoms with Gasteiger partial charge in [0.15, 0.2) is 0 Å². The quantitative estimate of drug-likeness (QED) is 0.690. The van der Waals surface area contributed by atoms with Crippen molar-refractivity contribution in [3.63, 3.8) is 0 Å². The minimum Gasteiger partial charge on any atom is -0.494 e. The first-order valence-corrected chi connectivity index (χ1v) is 10.7. The maximum Gasteiger partial charge on any atom is 0.282 e. The molecular weight excluding hydrogens is 376 g/mol. The van der Waals surface area contributed by atoms with Crippen molar-refractivity contribution in [1.29, 1.82) is 0 Å². The molecule has 30 heavy (non-hydrogen) atoms. The number of aryl methyl sites for hydroxylation is 2. The highest BCUT2D eigenvalue weighted by Gasteiger charge is 2.43. The minimum atomic E-state index is -0.263. The Morgan fingerprint density at radius 1 is 0.933 bits per heavy atom. The zero-order valence-corrected chi connectivity index (χ0v) is 17.9. The molecule has 1 fully saturated rings. The summed E-state index contributed by atoms with van der Waals surface area (Å²) >= 11 is 0. The molecule has 0 radical (unpaired) electrons. The van der Waals surface area contributed by atoms with E-state index >= 15 is 0 Å². The number of nitrogens with zero attached hydrogens (tertiary/aromatic N) is 2. The molecule has 0 bridgehead atoms. The highest BCUT2D eigenvalue weighted by atomic mass is 16.5. The minimum absolute atomic E-state index is 0.245. The lowest BCUT2D eigenvalue weighted by atomic mass is 9.97. The van der Waals surface area contributed by atoms with Gasteiger partial charge in [0.25, 0.3) is 11.8 Å². The first-order valence-electron chi connectivity index (χ1n) is 10.7. The Hall–Kier alpha value is -3.08. The standard InChI is InChI=1S/C25H28N2O3/c1-4-30-20-10-8-9-19(16-20)27-24(28)22(21-12-11-17(2)15-18(21)3)23(25(27)29)26-13-6-5-7-14-26/h8-12,15-16H,4-7,13-14H2,1-3H3. The molecule has 156 valence electrons. The van der Waals surface area contributed by atoms with Gasteiger partial charge in [0.05, 0.1) is 17.9 Å². The molecule has 0 atom stereocenters. The van der Waals surface area contributed by atoms with Crippen LogP contribution < -0.4 is 9.64 Å². The first-order chi connectivity index (χ1) is 14.5. The van der Waals surface area contributed by atoms with E-state index in [1.54, 1.807) is 12.1 Å². The van der Waals surface area contributed by atoms with E-state index in [4.69, 9.17) is 4.74 Å². The molecule has 4 rings (SSSR count). The Morgan fingerprint density at radius 3 is 2.40 bits per heavy atom. The molecule has 0 saturated carbocycles. The number of likely N-dealkylation sites (tertiary alicyclic amines) is 1.